The molecule has 1 saturated carbocycles. The molecule has 1 aliphatic carbocycles. The number of aryl methyl sites for hydroxylation is 2. The van der Waals surface area contributed by atoms with Crippen molar-refractivity contribution in [1.82, 2.24) is 20.4 Å². The molecule has 0 spiro atoms. The van der Waals surface area contributed by atoms with Crippen molar-refractivity contribution in [2.24, 2.45) is 0 Å². The molecule has 2 aromatic heterocycles. The van der Waals surface area contributed by atoms with Crippen molar-refractivity contribution >= 4 is 17.4 Å². The lowest BCUT2D eigenvalue weighted by Crippen LogP contribution is -2.59. The summed E-state index contributed by atoms with van der Waals surface area (Å²) in [7, 11) is 1.72. The van der Waals surface area contributed by atoms with Crippen LogP contribution in [0.2, 0.25) is 5.02 Å². The van der Waals surface area contributed by atoms with Gasteiger partial charge in [0.2, 0.25) is 0 Å². The maximum absolute atomic E-state index is 13.2. The number of nitrogens with one attached hydrogen (secondary N) is 2. The average molecular weight is 556 g/mol. The lowest BCUT2D eigenvalue weighted by atomic mass is 9.75. The van der Waals surface area contributed by atoms with Gasteiger partial charge in [-0.2, -0.15) is 13.2 Å². The quantitative estimate of drug-likeness (QED) is 0.307. The Bertz CT molecular complexity index is 1290. The number of rotatable bonds is 9. The Balaban J connectivity index is 1.73. The van der Waals surface area contributed by atoms with Crippen LogP contribution in [0.15, 0.2) is 22.7 Å². The van der Waals surface area contributed by atoms with Crippen molar-refractivity contribution in [2.45, 2.75) is 57.5 Å². The van der Waals surface area contributed by atoms with Crippen molar-refractivity contribution in [3.8, 4) is 28.4 Å². The first-order chi connectivity index (χ1) is 17.8. The van der Waals surface area contributed by atoms with Gasteiger partial charge < -0.3 is 30.1 Å². The number of likely N-dealkylation sites (N-methyl/N-ethyl adjacent to an activating group) is 1. The fourth-order valence-corrected chi connectivity index (χ4v) is 4.58. The molecule has 0 amide bonds. The number of hydrogen-bond acceptors (Lipinski definition) is 9. The van der Waals surface area contributed by atoms with E-state index < -0.39 is 36.8 Å². The summed E-state index contributed by atoms with van der Waals surface area (Å²) < 4.78 is 50.5. The van der Waals surface area contributed by atoms with Gasteiger partial charge in [0.05, 0.1) is 22.0 Å². The fourth-order valence-electron chi connectivity index (χ4n) is 4.38. The first-order valence-corrected chi connectivity index (χ1v) is 12.3. The Kier molecular flexibility index (Phi) is 7.89. The van der Waals surface area contributed by atoms with Gasteiger partial charge in [0.25, 0.3) is 0 Å². The molecule has 2 heterocycles. The van der Waals surface area contributed by atoms with E-state index in [4.69, 9.17) is 25.8 Å². The number of alkyl halides is 3. The van der Waals surface area contributed by atoms with Gasteiger partial charge in [0.1, 0.15) is 30.0 Å². The predicted octanol–water partition coefficient (Wildman–Crippen LogP) is 4.20. The van der Waals surface area contributed by atoms with Gasteiger partial charge >= 0.3 is 6.18 Å². The maximum Gasteiger partial charge on any atom is 0.417 e. The zero-order valence-electron chi connectivity index (χ0n) is 21.3. The highest BCUT2D eigenvalue weighted by Gasteiger charge is 2.61. The normalized spacial score (nSPS) is 20.2. The lowest BCUT2D eigenvalue weighted by molar-refractivity contribution is -0.288. The molecular formula is C25H29ClF3N5O4. The molecule has 0 radical (unpaired) electrons. The van der Waals surface area contributed by atoms with Gasteiger partial charge in [0, 0.05) is 36.6 Å². The second kappa shape index (κ2) is 10.7. The Morgan fingerprint density at radius 2 is 1.95 bits per heavy atom. The molecule has 4 rings (SSSR count). The first kappa shape index (κ1) is 28.1. The van der Waals surface area contributed by atoms with E-state index in [1.54, 1.807) is 46.0 Å². The van der Waals surface area contributed by atoms with Crippen LogP contribution in [0.4, 0.5) is 19.0 Å². The summed E-state index contributed by atoms with van der Waals surface area (Å²) in [6.45, 7) is 5.62. The zero-order valence-corrected chi connectivity index (χ0v) is 22.0. The number of ether oxygens (including phenoxy) is 1. The molecule has 0 aliphatic heterocycles. The van der Waals surface area contributed by atoms with Crippen LogP contribution >= 0.6 is 11.6 Å². The molecule has 1 aliphatic rings. The highest BCUT2D eigenvalue weighted by molar-refractivity contribution is 6.33. The van der Waals surface area contributed by atoms with Crippen molar-refractivity contribution in [2.75, 3.05) is 25.5 Å². The second-order valence-corrected chi connectivity index (χ2v) is 9.92. The van der Waals surface area contributed by atoms with Crippen molar-refractivity contribution in [3.63, 3.8) is 0 Å². The largest absolute Gasteiger partial charge is 0.491 e. The summed E-state index contributed by atoms with van der Waals surface area (Å²) in [5, 5.41) is 30.1. The van der Waals surface area contributed by atoms with E-state index in [1.165, 1.54) is 0 Å². The number of hydrogen-bond donors (Lipinski definition) is 4. The Morgan fingerprint density at radius 3 is 2.55 bits per heavy atom. The van der Waals surface area contributed by atoms with Gasteiger partial charge in [-0.05, 0) is 46.0 Å². The molecular weight excluding hydrogens is 527 g/mol. The van der Waals surface area contributed by atoms with E-state index in [0.717, 1.165) is 0 Å². The second-order valence-electron chi connectivity index (χ2n) is 9.51. The van der Waals surface area contributed by atoms with E-state index in [2.05, 4.69) is 20.8 Å². The smallest absolute Gasteiger partial charge is 0.417 e. The molecule has 1 atom stereocenters. The third-order valence-corrected chi connectivity index (χ3v) is 6.84. The zero-order chi connectivity index (χ0) is 27.8. The summed E-state index contributed by atoms with van der Waals surface area (Å²) >= 11 is 6.50. The third kappa shape index (κ3) is 5.58. The van der Waals surface area contributed by atoms with Gasteiger partial charge in [0.15, 0.2) is 11.4 Å². The van der Waals surface area contributed by atoms with Crippen molar-refractivity contribution in [3.05, 3.63) is 40.2 Å². The molecule has 0 bridgehead atoms. The molecule has 206 valence electrons. The minimum atomic E-state index is -4.71. The SMILES string of the molecule is CNCC(O)COc1ccc(Cl)c(-c2nc(NC3CC(O)(C(F)(F)F)C3)c(C)c(-c3c(C)noc3C)n2)c1. The number of aromatic nitrogens is 3. The predicted molar refractivity (Wildman–Crippen MR) is 135 cm³/mol. The molecule has 4 N–H and O–H groups in total. The topological polar surface area (TPSA) is 126 Å². The van der Waals surface area contributed by atoms with Gasteiger partial charge in [-0.15, -0.1) is 0 Å². The number of halogens is 4. The highest BCUT2D eigenvalue weighted by atomic mass is 35.5. The summed E-state index contributed by atoms with van der Waals surface area (Å²) in [5.41, 5.74) is -0.0449. The van der Waals surface area contributed by atoms with Crippen LogP contribution in [0, 0.1) is 20.8 Å². The van der Waals surface area contributed by atoms with E-state index in [-0.39, 0.29) is 12.4 Å². The molecule has 3 aromatic rings. The number of aliphatic hydroxyl groups excluding tert-OH is 1. The molecule has 1 aromatic carbocycles. The molecule has 1 fully saturated rings. The number of aliphatic hydroxyl groups is 2. The van der Waals surface area contributed by atoms with Crippen LogP contribution in [-0.4, -0.2) is 69.5 Å². The Morgan fingerprint density at radius 1 is 1.24 bits per heavy atom. The van der Waals surface area contributed by atoms with Crippen molar-refractivity contribution < 1.29 is 32.6 Å². The summed E-state index contributed by atoms with van der Waals surface area (Å²) in [4.78, 5) is 9.33. The van der Waals surface area contributed by atoms with E-state index >= 15 is 0 Å². The summed E-state index contributed by atoms with van der Waals surface area (Å²) in [6.07, 6.45) is -6.45. The maximum atomic E-state index is 13.2. The first-order valence-electron chi connectivity index (χ1n) is 12.0. The van der Waals surface area contributed by atoms with E-state index in [0.29, 0.717) is 57.0 Å². The molecule has 9 nitrogen and oxygen atoms in total. The molecule has 38 heavy (non-hydrogen) atoms. The van der Waals surface area contributed by atoms with Crippen LogP contribution in [0.25, 0.3) is 22.6 Å². The van der Waals surface area contributed by atoms with Crippen molar-refractivity contribution in [1.29, 1.82) is 0 Å². The lowest BCUT2D eigenvalue weighted by Gasteiger charge is -2.44. The fraction of sp³-hybridized carbons (Fsp3) is 0.480. The standard InChI is InChI=1S/C25H29ClF3N5O4/c1-12-21(20-13(2)34-38-14(20)3)32-23(33-22(12)31-15-8-24(36,9-15)25(27,28)29)18-7-17(5-6-19(18)26)37-11-16(35)10-30-4/h5-7,15-16,30,35-36H,8-11H2,1-4H3,(H,31,32,33). The van der Waals surface area contributed by atoms with Crippen LogP contribution in [0.1, 0.15) is 29.9 Å². The average Bonchev–Trinajstić information content (AvgIpc) is 3.16. The summed E-state index contributed by atoms with van der Waals surface area (Å²) in [6, 6.07) is 4.23. The Hall–Kier alpha value is -2.93. The van der Waals surface area contributed by atoms with E-state index in [1.807, 2.05) is 0 Å². The number of nitrogens with zero attached hydrogens (tertiary/aromatic N) is 3. The molecule has 0 saturated heterocycles. The van der Waals surface area contributed by atoms with Crippen LogP contribution < -0.4 is 15.4 Å². The van der Waals surface area contributed by atoms with E-state index in [9.17, 15) is 23.4 Å². The van der Waals surface area contributed by atoms with Crippen LogP contribution in [0.5, 0.6) is 5.75 Å². The van der Waals surface area contributed by atoms with Crippen LogP contribution in [0.3, 0.4) is 0 Å². The van der Waals surface area contributed by atoms with Gasteiger partial charge in [-0.25, -0.2) is 9.97 Å². The number of anilines is 1. The highest BCUT2D eigenvalue weighted by Crippen LogP contribution is 2.46. The molecule has 13 heteroatoms. The summed E-state index contributed by atoms with van der Waals surface area (Å²) in [5.74, 6) is 1.43. The Labute approximate surface area is 222 Å². The van der Waals surface area contributed by atoms with Gasteiger partial charge in [-0.1, -0.05) is 16.8 Å². The number of benzene rings is 1. The van der Waals surface area contributed by atoms with Gasteiger partial charge in [-0.3, -0.25) is 0 Å². The molecule has 1 unspecified atom stereocenters. The minimum absolute atomic E-state index is 0.0393. The third-order valence-electron chi connectivity index (χ3n) is 6.51. The minimum Gasteiger partial charge on any atom is -0.491 e. The monoisotopic (exact) mass is 555 g/mol. The van der Waals surface area contributed by atoms with Crippen LogP contribution in [-0.2, 0) is 0 Å².